The van der Waals surface area contributed by atoms with Crippen molar-refractivity contribution in [2.75, 3.05) is 26.8 Å². The molecule has 3 N–H and O–H groups in total. The number of methoxy groups -OCH3 is 1. The fraction of sp³-hybridized carbons (Fsp3) is 0.348. The molecule has 0 aliphatic heterocycles. The number of benzene rings is 2. The third-order valence-corrected chi connectivity index (χ3v) is 5.05. The molecule has 0 heterocycles. The number of carbonyl (C=O) groups excluding carboxylic acids is 1. The van der Waals surface area contributed by atoms with Gasteiger partial charge in [-0.1, -0.05) is 18.2 Å². The highest BCUT2D eigenvalue weighted by Gasteiger charge is 2.07. The van der Waals surface area contributed by atoms with Gasteiger partial charge in [-0.15, -0.1) is 0 Å². The molecule has 6 heteroatoms. The van der Waals surface area contributed by atoms with Crippen LogP contribution in [0.1, 0.15) is 28.7 Å². The van der Waals surface area contributed by atoms with Gasteiger partial charge in [-0.25, -0.2) is 0 Å². The van der Waals surface area contributed by atoms with E-state index in [0.29, 0.717) is 19.7 Å². The van der Waals surface area contributed by atoms with Crippen LogP contribution >= 0.6 is 15.9 Å². The van der Waals surface area contributed by atoms with Gasteiger partial charge in [0.15, 0.2) is 0 Å². The summed E-state index contributed by atoms with van der Waals surface area (Å²) in [6, 6.07) is 9.89. The lowest BCUT2D eigenvalue weighted by Gasteiger charge is -2.14. The summed E-state index contributed by atoms with van der Waals surface area (Å²) in [6.45, 7) is 5.91. The van der Waals surface area contributed by atoms with E-state index in [2.05, 4.69) is 33.4 Å². The predicted octanol–water partition coefficient (Wildman–Crippen LogP) is 4.17. The lowest BCUT2D eigenvalue weighted by atomic mass is 10.0. The van der Waals surface area contributed by atoms with Crippen LogP contribution < -0.4 is 20.5 Å². The van der Waals surface area contributed by atoms with Crippen molar-refractivity contribution in [1.29, 1.82) is 0 Å². The molecular weight excluding hydrogens is 432 g/mol. The molecule has 1 amide bonds. The zero-order valence-electron chi connectivity index (χ0n) is 17.3. The Labute approximate surface area is 181 Å². The van der Waals surface area contributed by atoms with E-state index in [1.807, 2.05) is 32.0 Å². The van der Waals surface area contributed by atoms with Gasteiger partial charge in [0.2, 0.25) is 5.91 Å². The van der Waals surface area contributed by atoms with E-state index >= 15 is 0 Å². The molecule has 0 radical (unpaired) electrons. The first-order chi connectivity index (χ1) is 13.9. The van der Waals surface area contributed by atoms with Gasteiger partial charge in [-0.2, -0.15) is 0 Å². The number of rotatable bonds is 10. The normalized spacial score (nSPS) is 10.9. The molecule has 0 saturated carbocycles. The van der Waals surface area contributed by atoms with Crippen LogP contribution in [0.5, 0.6) is 11.5 Å². The standard InChI is InChI=1S/C23H29BrN2O3/c1-16-13-19(14-17(2)23(16)29-12-4-10-25)9-11-26-22(27)8-6-18-5-7-21(28-3)20(24)15-18/h5-8,13-15H,4,9-12,25H2,1-3H3,(H,26,27)/b8-6+. The van der Waals surface area contributed by atoms with Crippen LogP contribution in [0.3, 0.4) is 0 Å². The van der Waals surface area contributed by atoms with Crippen molar-refractivity contribution in [1.82, 2.24) is 5.32 Å². The summed E-state index contributed by atoms with van der Waals surface area (Å²) in [5.74, 6) is 1.57. The number of ether oxygens (including phenoxy) is 2. The van der Waals surface area contributed by atoms with Crippen molar-refractivity contribution in [3.63, 3.8) is 0 Å². The minimum absolute atomic E-state index is 0.118. The van der Waals surface area contributed by atoms with Crippen LogP contribution in [-0.2, 0) is 11.2 Å². The largest absolute Gasteiger partial charge is 0.496 e. The third-order valence-electron chi connectivity index (χ3n) is 4.43. The van der Waals surface area contributed by atoms with Crippen molar-refractivity contribution in [2.24, 2.45) is 5.73 Å². The summed E-state index contributed by atoms with van der Waals surface area (Å²) in [5, 5.41) is 2.93. The van der Waals surface area contributed by atoms with Crippen LogP contribution in [0, 0.1) is 13.8 Å². The number of nitrogens with two attached hydrogens (primary N) is 1. The quantitative estimate of drug-likeness (QED) is 0.412. The topological polar surface area (TPSA) is 73.6 Å². The monoisotopic (exact) mass is 460 g/mol. The Balaban J connectivity index is 1.86. The van der Waals surface area contributed by atoms with Crippen molar-refractivity contribution in [3.8, 4) is 11.5 Å². The van der Waals surface area contributed by atoms with Gasteiger partial charge in [0.25, 0.3) is 0 Å². The second-order valence-corrected chi connectivity index (χ2v) is 7.67. The summed E-state index contributed by atoms with van der Waals surface area (Å²) in [7, 11) is 1.62. The Morgan fingerprint density at radius 3 is 2.55 bits per heavy atom. The lowest BCUT2D eigenvalue weighted by Crippen LogP contribution is -2.23. The Hall–Kier alpha value is -2.31. The van der Waals surface area contributed by atoms with E-state index in [0.717, 1.165) is 45.5 Å². The van der Waals surface area contributed by atoms with Gasteiger partial charge in [-0.05, 0) is 89.6 Å². The maximum absolute atomic E-state index is 12.1. The third kappa shape index (κ3) is 7.22. The highest BCUT2D eigenvalue weighted by Crippen LogP contribution is 2.26. The summed E-state index contributed by atoms with van der Waals surface area (Å²) in [6.07, 6.45) is 4.92. The first-order valence-electron chi connectivity index (χ1n) is 9.67. The SMILES string of the molecule is COc1ccc(/C=C/C(=O)NCCc2cc(C)c(OCCCN)c(C)c2)cc1Br. The molecule has 0 aliphatic rings. The minimum atomic E-state index is -0.118. The molecule has 29 heavy (non-hydrogen) atoms. The first-order valence-corrected chi connectivity index (χ1v) is 10.5. The fourth-order valence-electron chi connectivity index (χ4n) is 3.02. The van der Waals surface area contributed by atoms with Crippen LogP contribution in [-0.4, -0.2) is 32.7 Å². The second-order valence-electron chi connectivity index (χ2n) is 6.82. The molecule has 0 aromatic heterocycles. The zero-order chi connectivity index (χ0) is 21.2. The van der Waals surface area contributed by atoms with E-state index < -0.39 is 0 Å². The van der Waals surface area contributed by atoms with Crippen molar-refractivity contribution in [2.45, 2.75) is 26.7 Å². The van der Waals surface area contributed by atoms with Gasteiger partial charge in [-0.3, -0.25) is 4.79 Å². The number of hydrogen-bond acceptors (Lipinski definition) is 4. The highest BCUT2D eigenvalue weighted by atomic mass is 79.9. The van der Waals surface area contributed by atoms with Crippen LogP contribution in [0.25, 0.3) is 6.08 Å². The van der Waals surface area contributed by atoms with Crippen molar-refractivity contribution >= 4 is 27.9 Å². The minimum Gasteiger partial charge on any atom is -0.496 e. The molecule has 156 valence electrons. The number of amides is 1. The molecule has 2 aromatic carbocycles. The number of halogens is 1. The van der Waals surface area contributed by atoms with Gasteiger partial charge in [0.05, 0.1) is 18.2 Å². The molecule has 5 nitrogen and oxygen atoms in total. The van der Waals surface area contributed by atoms with E-state index in [1.165, 1.54) is 5.56 Å². The Morgan fingerprint density at radius 2 is 1.93 bits per heavy atom. The maximum Gasteiger partial charge on any atom is 0.244 e. The fourth-order valence-corrected chi connectivity index (χ4v) is 3.58. The van der Waals surface area contributed by atoms with Crippen molar-refractivity contribution in [3.05, 3.63) is 63.1 Å². The van der Waals surface area contributed by atoms with Crippen LogP contribution in [0.2, 0.25) is 0 Å². The lowest BCUT2D eigenvalue weighted by molar-refractivity contribution is -0.116. The Morgan fingerprint density at radius 1 is 1.21 bits per heavy atom. The van der Waals surface area contributed by atoms with Crippen LogP contribution in [0.15, 0.2) is 40.9 Å². The van der Waals surface area contributed by atoms with Gasteiger partial charge < -0.3 is 20.5 Å². The summed E-state index contributed by atoms with van der Waals surface area (Å²) in [4.78, 5) is 12.1. The average Bonchev–Trinajstić information content (AvgIpc) is 2.68. The van der Waals surface area contributed by atoms with E-state index in [1.54, 1.807) is 19.3 Å². The summed E-state index contributed by atoms with van der Waals surface area (Å²) < 4.78 is 11.9. The Kier molecular flexibility index (Phi) is 9.22. The molecule has 0 atom stereocenters. The Bertz CT molecular complexity index is 842. The first kappa shape index (κ1) is 23.0. The maximum atomic E-state index is 12.1. The molecule has 2 rings (SSSR count). The van der Waals surface area contributed by atoms with E-state index in [4.69, 9.17) is 15.2 Å². The molecule has 0 saturated heterocycles. The molecule has 0 fully saturated rings. The average molecular weight is 461 g/mol. The van der Waals surface area contributed by atoms with Crippen molar-refractivity contribution < 1.29 is 14.3 Å². The molecular formula is C23H29BrN2O3. The smallest absolute Gasteiger partial charge is 0.244 e. The predicted molar refractivity (Wildman–Crippen MR) is 122 cm³/mol. The molecule has 0 aliphatic carbocycles. The van der Waals surface area contributed by atoms with Gasteiger partial charge >= 0.3 is 0 Å². The zero-order valence-corrected chi connectivity index (χ0v) is 18.8. The number of nitrogens with one attached hydrogen (secondary N) is 1. The van der Waals surface area contributed by atoms with E-state index in [-0.39, 0.29) is 5.91 Å². The van der Waals surface area contributed by atoms with Gasteiger partial charge in [0.1, 0.15) is 11.5 Å². The van der Waals surface area contributed by atoms with Gasteiger partial charge in [0, 0.05) is 12.6 Å². The number of hydrogen-bond donors (Lipinski definition) is 2. The summed E-state index contributed by atoms with van der Waals surface area (Å²) in [5.41, 5.74) is 9.82. The van der Waals surface area contributed by atoms with Crippen LogP contribution in [0.4, 0.5) is 0 Å². The summed E-state index contributed by atoms with van der Waals surface area (Å²) >= 11 is 3.44. The molecule has 0 spiro atoms. The highest BCUT2D eigenvalue weighted by molar-refractivity contribution is 9.10. The number of aryl methyl sites for hydroxylation is 2. The van der Waals surface area contributed by atoms with E-state index in [9.17, 15) is 4.79 Å². The number of carbonyl (C=O) groups is 1. The second kappa shape index (κ2) is 11.6. The molecule has 0 unspecified atom stereocenters. The molecule has 0 bridgehead atoms. The molecule has 2 aromatic rings.